The Labute approximate surface area is 130 Å². The topological polar surface area (TPSA) is 47.4 Å². The molecule has 1 atom stereocenters. The molecule has 5 nitrogen and oxygen atoms in total. The number of hydrogen-bond acceptors (Lipinski definition) is 3. The summed E-state index contributed by atoms with van der Waals surface area (Å²) in [7, 11) is 1.69. The van der Waals surface area contributed by atoms with E-state index in [1.807, 2.05) is 33.9 Å². The molecule has 3 rings (SSSR count). The standard InChI is InChI=1S/C17H21N3O2/c1-22-8-7-19-13-18-10-16(19)12-20-11-15(9-17(20)21)14-5-3-2-4-6-14/h2-6,10,13,15H,7-9,11-12H2,1H3/t15-/m0/s1. The van der Waals surface area contributed by atoms with Gasteiger partial charge in [-0.1, -0.05) is 30.3 Å². The van der Waals surface area contributed by atoms with Gasteiger partial charge in [-0.2, -0.15) is 0 Å². The first-order valence-corrected chi connectivity index (χ1v) is 7.58. The average molecular weight is 299 g/mol. The van der Waals surface area contributed by atoms with Gasteiger partial charge in [0.1, 0.15) is 0 Å². The molecule has 0 unspecified atom stereocenters. The molecule has 22 heavy (non-hydrogen) atoms. The molecule has 116 valence electrons. The number of hydrogen-bond donors (Lipinski definition) is 0. The molecule has 0 spiro atoms. The Morgan fingerprint density at radius 1 is 1.32 bits per heavy atom. The number of carbonyl (C=O) groups excluding carboxylic acids is 1. The Morgan fingerprint density at radius 3 is 2.91 bits per heavy atom. The maximum atomic E-state index is 12.3. The summed E-state index contributed by atoms with van der Waals surface area (Å²) in [6.45, 7) is 2.80. The molecule has 5 heteroatoms. The zero-order valence-electron chi connectivity index (χ0n) is 12.8. The van der Waals surface area contributed by atoms with Gasteiger partial charge in [-0.05, 0) is 5.56 Å². The third-order valence-electron chi connectivity index (χ3n) is 4.17. The van der Waals surface area contributed by atoms with Crippen molar-refractivity contribution in [3.05, 3.63) is 54.1 Å². The molecule has 0 N–H and O–H groups in total. The van der Waals surface area contributed by atoms with E-state index in [4.69, 9.17) is 4.74 Å². The Morgan fingerprint density at radius 2 is 2.14 bits per heavy atom. The van der Waals surface area contributed by atoms with E-state index >= 15 is 0 Å². The van der Waals surface area contributed by atoms with Crippen molar-refractivity contribution in [2.75, 3.05) is 20.3 Å². The van der Waals surface area contributed by atoms with Crippen LogP contribution in [0.4, 0.5) is 0 Å². The van der Waals surface area contributed by atoms with E-state index in [2.05, 4.69) is 17.1 Å². The number of amides is 1. The van der Waals surface area contributed by atoms with Crippen molar-refractivity contribution in [2.24, 2.45) is 0 Å². The molecule has 0 radical (unpaired) electrons. The maximum Gasteiger partial charge on any atom is 0.223 e. The zero-order chi connectivity index (χ0) is 15.4. The van der Waals surface area contributed by atoms with Gasteiger partial charge in [0.05, 0.1) is 25.2 Å². The van der Waals surface area contributed by atoms with Crippen LogP contribution in [0.1, 0.15) is 23.6 Å². The van der Waals surface area contributed by atoms with Crippen LogP contribution in [0, 0.1) is 0 Å². The molecule has 2 heterocycles. The summed E-state index contributed by atoms with van der Waals surface area (Å²) in [6, 6.07) is 10.3. The van der Waals surface area contributed by atoms with Gasteiger partial charge >= 0.3 is 0 Å². The lowest BCUT2D eigenvalue weighted by molar-refractivity contribution is -0.128. The van der Waals surface area contributed by atoms with Crippen molar-refractivity contribution in [1.82, 2.24) is 14.5 Å². The third kappa shape index (κ3) is 3.20. The van der Waals surface area contributed by atoms with E-state index in [-0.39, 0.29) is 5.91 Å². The second-order valence-corrected chi connectivity index (χ2v) is 5.66. The van der Waals surface area contributed by atoms with Gasteiger partial charge in [-0.25, -0.2) is 4.98 Å². The van der Waals surface area contributed by atoms with Gasteiger partial charge in [0.15, 0.2) is 0 Å². The largest absolute Gasteiger partial charge is 0.383 e. The molecule has 1 amide bonds. The Bertz CT molecular complexity index is 624. The molecular formula is C17H21N3O2. The van der Waals surface area contributed by atoms with E-state index in [0.29, 0.717) is 25.5 Å². The summed E-state index contributed by atoms with van der Waals surface area (Å²) in [5, 5.41) is 0. The predicted octanol–water partition coefficient (Wildman–Crippen LogP) is 2.05. The summed E-state index contributed by atoms with van der Waals surface area (Å²) < 4.78 is 7.16. The Hall–Kier alpha value is -2.14. The fraction of sp³-hybridized carbons (Fsp3) is 0.412. The first-order chi connectivity index (χ1) is 10.8. The van der Waals surface area contributed by atoms with E-state index in [0.717, 1.165) is 18.8 Å². The number of benzene rings is 1. The number of rotatable bonds is 6. The molecule has 1 saturated heterocycles. The normalized spacial score (nSPS) is 18.1. The summed E-state index contributed by atoms with van der Waals surface area (Å²) in [6.07, 6.45) is 4.22. The second-order valence-electron chi connectivity index (χ2n) is 5.66. The van der Waals surface area contributed by atoms with Crippen molar-refractivity contribution in [3.63, 3.8) is 0 Å². The van der Waals surface area contributed by atoms with Gasteiger partial charge in [0.2, 0.25) is 5.91 Å². The summed E-state index contributed by atoms with van der Waals surface area (Å²) in [4.78, 5) is 18.4. The first kappa shape index (κ1) is 14.8. The minimum Gasteiger partial charge on any atom is -0.383 e. The van der Waals surface area contributed by atoms with E-state index in [1.54, 1.807) is 13.4 Å². The zero-order valence-corrected chi connectivity index (χ0v) is 12.8. The van der Waals surface area contributed by atoms with Gasteiger partial charge in [0.25, 0.3) is 0 Å². The molecule has 0 saturated carbocycles. The molecule has 1 aromatic carbocycles. The predicted molar refractivity (Wildman–Crippen MR) is 83.3 cm³/mol. The summed E-state index contributed by atoms with van der Waals surface area (Å²) >= 11 is 0. The number of aromatic nitrogens is 2. The lowest BCUT2D eigenvalue weighted by Gasteiger charge is -2.18. The van der Waals surface area contributed by atoms with Crippen LogP contribution in [0.25, 0.3) is 0 Å². The van der Waals surface area contributed by atoms with Crippen LogP contribution in [0.5, 0.6) is 0 Å². The number of ether oxygens (including phenoxy) is 1. The van der Waals surface area contributed by atoms with E-state index < -0.39 is 0 Å². The van der Waals surface area contributed by atoms with Crippen LogP contribution in [0.3, 0.4) is 0 Å². The third-order valence-corrected chi connectivity index (χ3v) is 4.17. The molecule has 2 aromatic rings. The Kier molecular flexibility index (Phi) is 4.53. The fourth-order valence-electron chi connectivity index (χ4n) is 2.94. The van der Waals surface area contributed by atoms with Crippen LogP contribution >= 0.6 is 0 Å². The van der Waals surface area contributed by atoms with Gasteiger partial charge in [0, 0.05) is 38.7 Å². The number of imidazole rings is 1. The smallest absolute Gasteiger partial charge is 0.223 e. The fourth-order valence-corrected chi connectivity index (χ4v) is 2.94. The first-order valence-electron chi connectivity index (χ1n) is 7.58. The molecule has 1 fully saturated rings. The van der Waals surface area contributed by atoms with Crippen LogP contribution in [-0.4, -0.2) is 40.6 Å². The van der Waals surface area contributed by atoms with Crippen molar-refractivity contribution in [3.8, 4) is 0 Å². The van der Waals surface area contributed by atoms with Crippen LogP contribution in [0.15, 0.2) is 42.9 Å². The minimum absolute atomic E-state index is 0.216. The second kappa shape index (κ2) is 6.75. The lowest BCUT2D eigenvalue weighted by Crippen LogP contribution is -2.26. The van der Waals surface area contributed by atoms with Crippen molar-refractivity contribution in [1.29, 1.82) is 0 Å². The highest BCUT2D eigenvalue weighted by atomic mass is 16.5. The van der Waals surface area contributed by atoms with Crippen LogP contribution < -0.4 is 0 Å². The molecular weight excluding hydrogens is 278 g/mol. The van der Waals surface area contributed by atoms with Crippen LogP contribution in [-0.2, 0) is 22.6 Å². The van der Waals surface area contributed by atoms with E-state index in [1.165, 1.54) is 5.56 Å². The minimum atomic E-state index is 0.216. The maximum absolute atomic E-state index is 12.3. The van der Waals surface area contributed by atoms with Crippen molar-refractivity contribution >= 4 is 5.91 Å². The number of likely N-dealkylation sites (tertiary alicyclic amines) is 1. The van der Waals surface area contributed by atoms with Crippen molar-refractivity contribution < 1.29 is 9.53 Å². The molecule has 1 aromatic heterocycles. The number of nitrogens with zero attached hydrogens (tertiary/aromatic N) is 3. The number of carbonyl (C=O) groups is 1. The highest BCUT2D eigenvalue weighted by molar-refractivity contribution is 5.79. The van der Waals surface area contributed by atoms with Crippen molar-refractivity contribution in [2.45, 2.75) is 25.4 Å². The van der Waals surface area contributed by atoms with E-state index in [9.17, 15) is 4.79 Å². The van der Waals surface area contributed by atoms with Crippen LogP contribution in [0.2, 0.25) is 0 Å². The highest BCUT2D eigenvalue weighted by Crippen LogP contribution is 2.28. The van der Waals surface area contributed by atoms with Gasteiger partial charge < -0.3 is 14.2 Å². The SMILES string of the molecule is COCCn1cncc1CN1C[C@@H](c2ccccc2)CC1=O. The summed E-state index contributed by atoms with van der Waals surface area (Å²) in [5.41, 5.74) is 2.30. The number of methoxy groups -OCH3 is 1. The molecule has 0 bridgehead atoms. The Balaban J connectivity index is 1.66. The van der Waals surface area contributed by atoms with Gasteiger partial charge in [-0.3, -0.25) is 4.79 Å². The molecule has 0 aliphatic carbocycles. The molecule has 1 aliphatic rings. The quantitative estimate of drug-likeness (QED) is 0.820. The average Bonchev–Trinajstić information content (AvgIpc) is 3.14. The molecule has 1 aliphatic heterocycles. The highest BCUT2D eigenvalue weighted by Gasteiger charge is 2.30. The summed E-state index contributed by atoms with van der Waals surface area (Å²) in [5.74, 6) is 0.511. The van der Waals surface area contributed by atoms with Gasteiger partial charge in [-0.15, -0.1) is 0 Å². The monoisotopic (exact) mass is 299 g/mol. The lowest BCUT2D eigenvalue weighted by atomic mass is 9.99.